The van der Waals surface area contributed by atoms with Crippen LogP contribution in [0.15, 0.2) is 54.9 Å². The maximum atomic E-state index is 4.47. The Morgan fingerprint density at radius 2 is 1.47 bits per heavy atom. The predicted molar refractivity (Wildman–Crippen MR) is 69.7 cm³/mol. The summed E-state index contributed by atoms with van der Waals surface area (Å²) in [5.74, 6) is 0. The fourth-order valence-corrected chi connectivity index (χ4v) is 2.09. The summed E-state index contributed by atoms with van der Waals surface area (Å²) in [4.78, 5) is 8.81. The van der Waals surface area contributed by atoms with Gasteiger partial charge in [0.2, 0.25) is 0 Å². The van der Waals surface area contributed by atoms with Gasteiger partial charge in [-0.25, -0.2) is 0 Å². The molecule has 0 spiro atoms. The molecule has 2 heteroatoms. The number of benzene rings is 1. The Morgan fingerprint density at radius 1 is 0.765 bits per heavy atom. The van der Waals surface area contributed by atoms with Crippen molar-refractivity contribution in [1.82, 2.24) is 9.97 Å². The zero-order valence-corrected chi connectivity index (χ0v) is 9.59. The Kier molecular flexibility index (Phi) is 2.33. The van der Waals surface area contributed by atoms with Gasteiger partial charge in [0.25, 0.3) is 0 Å². The molecule has 0 radical (unpaired) electrons. The third-order valence-electron chi connectivity index (χ3n) is 2.93. The highest BCUT2D eigenvalue weighted by Crippen LogP contribution is 2.28. The van der Waals surface area contributed by atoms with E-state index in [4.69, 9.17) is 0 Å². The van der Waals surface area contributed by atoms with Crippen LogP contribution in [0.3, 0.4) is 0 Å². The van der Waals surface area contributed by atoms with Crippen LogP contribution in [0, 0.1) is 6.92 Å². The topological polar surface area (TPSA) is 25.8 Å². The average molecular weight is 220 g/mol. The molecule has 0 saturated carbocycles. The molecule has 0 saturated heterocycles. The van der Waals surface area contributed by atoms with E-state index in [1.54, 1.807) is 0 Å². The van der Waals surface area contributed by atoms with Gasteiger partial charge in [0.15, 0.2) is 0 Å². The molecule has 2 aromatic heterocycles. The summed E-state index contributed by atoms with van der Waals surface area (Å²) >= 11 is 0. The van der Waals surface area contributed by atoms with Crippen LogP contribution in [-0.2, 0) is 0 Å². The molecule has 3 aromatic rings. The normalized spacial score (nSPS) is 10.6. The lowest BCUT2D eigenvalue weighted by Crippen LogP contribution is -1.89. The molecule has 82 valence electrons. The molecule has 2 nitrogen and oxygen atoms in total. The number of para-hydroxylation sites is 1. The second-order valence-electron chi connectivity index (χ2n) is 4.02. The maximum Gasteiger partial charge on any atom is 0.0780 e. The van der Waals surface area contributed by atoms with Gasteiger partial charge in [-0.1, -0.05) is 30.3 Å². The lowest BCUT2D eigenvalue weighted by molar-refractivity contribution is 1.20. The van der Waals surface area contributed by atoms with E-state index in [9.17, 15) is 0 Å². The second-order valence-corrected chi connectivity index (χ2v) is 4.02. The van der Waals surface area contributed by atoms with Crippen molar-refractivity contribution >= 4 is 10.9 Å². The number of hydrogen-bond donors (Lipinski definition) is 0. The minimum Gasteiger partial charge on any atom is -0.261 e. The minimum atomic E-state index is 1.03. The average Bonchev–Trinajstić information content (AvgIpc) is 2.39. The van der Waals surface area contributed by atoms with E-state index in [2.05, 4.69) is 40.3 Å². The Bertz CT molecular complexity index is 669. The third kappa shape index (κ3) is 1.68. The summed E-state index contributed by atoms with van der Waals surface area (Å²) in [5.41, 5.74) is 4.36. The number of rotatable bonds is 1. The SMILES string of the molecule is Cc1ncccc1-c1cccc2cccnc12. The van der Waals surface area contributed by atoms with Crippen LogP contribution in [0.25, 0.3) is 22.0 Å². The first-order valence-electron chi connectivity index (χ1n) is 5.62. The Labute approximate surface area is 100.0 Å². The highest BCUT2D eigenvalue weighted by Gasteiger charge is 2.06. The molecule has 0 unspecified atom stereocenters. The summed E-state index contributed by atoms with van der Waals surface area (Å²) in [7, 11) is 0. The van der Waals surface area contributed by atoms with Crippen molar-refractivity contribution in [1.29, 1.82) is 0 Å². The molecule has 0 fully saturated rings. The van der Waals surface area contributed by atoms with Gasteiger partial charge in [-0.05, 0) is 19.1 Å². The predicted octanol–water partition coefficient (Wildman–Crippen LogP) is 3.61. The lowest BCUT2D eigenvalue weighted by atomic mass is 10.0. The van der Waals surface area contributed by atoms with Crippen molar-refractivity contribution in [2.75, 3.05) is 0 Å². The summed E-state index contributed by atoms with van der Waals surface area (Å²) in [6.07, 6.45) is 3.65. The molecule has 0 aliphatic carbocycles. The van der Waals surface area contributed by atoms with E-state index in [0.717, 1.165) is 27.7 Å². The summed E-state index contributed by atoms with van der Waals surface area (Å²) < 4.78 is 0. The van der Waals surface area contributed by atoms with E-state index in [1.807, 2.05) is 31.5 Å². The first kappa shape index (κ1) is 9.97. The van der Waals surface area contributed by atoms with Gasteiger partial charge in [-0.2, -0.15) is 0 Å². The largest absolute Gasteiger partial charge is 0.261 e. The number of aromatic nitrogens is 2. The second kappa shape index (κ2) is 3.98. The molecular formula is C15H12N2. The lowest BCUT2D eigenvalue weighted by Gasteiger charge is -2.07. The Hall–Kier alpha value is -2.22. The van der Waals surface area contributed by atoms with Gasteiger partial charge in [0.05, 0.1) is 5.52 Å². The van der Waals surface area contributed by atoms with Gasteiger partial charge < -0.3 is 0 Å². The molecule has 3 rings (SSSR count). The van der Waals surface area contributed by atoms with Gasteiger partial charge in [-0.3, -0.25) is 9.97 Å². The highest BCUT2D eigenvalue weighted by atomic mass is 14.7. The number of nitrogens with zero attached hydrogens (tertiary/aromatic N) is 2. The van der Waals surface area contributed by atoms with Gasteiger partial charge in [-0.15, -0.1) is 0 Å². The molecule has 1 aromatic carbocycles. The third-order valence-corrected chi connectivity index (χ3v) is 2.93. The van der Waals surface area contributed by atoms with Crippen molar-refractivity contribution < 1.29 is 0 Å². The monoisotopic (exact) mass is 220 g/mol. The van der Waals surface area contributed by atoms with Gasteiger partial charge in [0.1, 0.15) is 0 Å². The van der Waals surface area contributed by atoms with Crippen LogP contribution in [0.5, 0.6) is 0 Å². The van der Waals surface area contributed by atoms with Crippen LogP contribution in [0.1, 0.15) is 5.69 Å². The number of fused-ring (bicyclic) bond motifs is 1. The number of pyridine rings is 2. The molecular weight excluding hydrogens is 208 g/mol. The maximum absolute atomic E-state index is 4.47. The summed E-state index contributed by atoms with van der Waals surface area (Å²) in [6, 6.07) is 14.3. The molecule has 0 amide bonds. The molecule has 2 heterocycles. The smallest absolute Gasteiger partial charge is 0.0780 e. The fraction of sp³-hybridized carbons (Fsp3) is 0.0667. The van der Waals surface area contributed by atoms with E-state index < -0.39 is 0 Å². The van der Waals surface area contributed by atoms with E-state index in [1.165, 1.54) is 0 Å². The van der Waals surface area contributed by atoms with Crippen molar-refractivity contribution in [3.63, 3.8) is 0 Å². The van der Waals surface area contributed by atoms with Crippen LogP contribution >= 0.6 is 0 Å². The van der Waals surface area contributed by atoms with Crippen LogP contribution < -0.4 is 0 Å². The van der Waals surface area contributed by atoms with Crippen molar-refractivity contribution in [3.05, 3.63) is 60.6 Å². The number of aryl methyl sites for hydroxylation is 1. The Balaban J connectivity index is 2.35. The molecule has 0 aliphatic rings. The highest BCUT2D eigenvalue weighted by molar-refractivity contribution is 5.93. The molecule has 17 heavy (non-hydrogen) atoms. The van der Waals surface area contributed by atoms with Crippen LogP contribution in [0.2, 0.25) is 0 Å². The molecule has 0 bridgehead atoms. The van der Waals surface area contributed by atoms with E-state index in [0.29, 0.717) is 0 Å². The molecule has 0 aliphatic heterocycles. The first-order chi connectivity index (χ1) is 8.36. The van der Waals surface area contributed by atoms with Crippen molar-refractivity contribution in [2.45, 2.75) is 6.92 Å². The number of hydrogen-bond acceptors (Lipinski definition) is 2. The van der Waals surface area contributed by atoms with Gasteiger partial charge in [0, 0.05) is 34.6 Å². The first-order valence-corrected chi connectivity index (χ1v) is 5.62. The summed E-state index contributed by atoms with van der Waals surface area (Å²) in [5, 5.41) is 1.16. The minimum absolute atomic E-state index is 1.03. The quantitative estimate of drug-likeness (QED) is 0.626. The van der Waals surface area contributed by atoms with Crippen molar-refractivity contribution in [3.8, 4) is 11.1 Å². The van der Waals surface area contributed by atoms with Crippen LogP contribution in [-0.4, -0.2) is 9.97 Å². The van der Waals surface area contributed by atoms with Crippen LogP contribution in [0.4, 0.5) is 0 Å². The Morgan fingerprint density at radius 3 is 2.35 bits per heavy atom. The van der Waals surface area contributed by atoms with E-state index >= 15 is 0 Å². The van der Waals surface area contributed by atoms with Crippen molar-refractivity contribution in [2.24, 2.45) is 0 Å². The van der Waals surface area contributed by atoms with Gasteiger partial charge >= 0.3 is 0 Å². The zero-order valence-electron chi connectivity index (χ0n) is 9.59. The summed E-state index contributed by atoms with van der Waals surface area (Å²) in [6.45, 7) is 2.02. The van der Waals surface area contributed by atoms with E-state index in [-0.39, 0.29) is 0 Å². The molecule has 0 N–H and O–H groups in total. The molecule has 0 atom stereocenters. The fourth-order valence-electron chi connectivity index (χ4n) is 2.09. The zero-order chi connectivity index (χ0) is 11.7. The standard InChI is InChI=1S/C15H12N2/c1-11-13(8-4-9-16-11)14-7-2-5-12-6-3-10-17-15(12)14/h2-10H,1H3.